The van der Waals surface area contributed by atoms with Gasteiger partial charge in [0.05, 0.1) is 12.7 Å². The lowest BCUT2D eigenvalue weighted by molar-refractivity contribution is -0.117. The summed E-state index contributed by atoms with van der Waals surface area (Å²) in [6, 6.07) is 7.31. The van der Waals surface area contributed by atoms with Gasteiger partial charge in [-0.25, -0.2) is 0 Å². The van der Waals surface area contributed by atoms with E-state index in [-0.39, 0.29) is 17.9 Å². The van der Waals surface area contributed by atoms with Crippen molar-refractivity contribution in [3.63, 3.8) is 0 Å². The van der Waals surface area contributed by atoms with E-state index in [0.717, 1.165) is 30.9 Å². The summed E-state index contributed by atoms with van der Waals surface area (Å²) in [5, 5.41) is 5.61. The van der Waals surface area contributed by atoms with Crippen LogP contribution in [-0.4, -0.2) is 55.6 Å². The number of rotatable bonds is 7. The number of morpholine rings is 1. The first-order valence-electron chi connectivity index (χ1n) is 9.10. The fourth-order valence-electron chi connectivity index (χ4n) is 2.91. The smallest absolute Gasteiger partial charge is 0.244 e. The van der Waals surface area contributed by atoms with Crippen molar-refractivity contribution in [3.8, 4) is 0 Å². The second-order valence-electron chi connectivity index (χ2n) is 7.03. The highest BCUT2D eigenvalue weighted by Crippen LogP contribution is 2.11. The van der Waals surface area contributed by atoms with Gasteiger partial charge >= 0.3 is 0 Å². The van der Waals surface area contributed by atoms with Crippen LogP contribution in [0, 0.1) is 5.92 Å². The van der Waals surface area contributed by atoms with Crippen molar-refractivity contribution in [2.45, 2.75) is 26.9 Å². The second-order valence-corrected chi connectivity index (χ2v) is 7.03. The number of ether oxygens (including phenoxy) is 1. The minimum absolute atomic E-state index is 0.0387. The molecule has 1 aliphatic heterocycles. The molecule has 2 amide bonds. The fraction of sp³-hybridized carbons (Fsp3) is 0.500. The number of nitrogens with one attached hydrogen (secondary N) is 2. The quantitative estimate of drug-likeness (QED) is 0.732. The topological polar surface area (TPSA) is 70.7 Å². The van der Waals surface area contributed by atoms with E-state index in [1.807, 2.05) is 12.1 Å². The van der Waals surface area contributed by atoms with Crippen molar-refractivity contribution < 1.29 is 14.3 Å². The number of carbonyl (C=O) groups excluding carboxylic acids is 2. The Morgan fingerprint density at radius 2 is 2.04 bits per heavy atom. The van der Waals surface area contributed by atoms with Crippen molar-refractivity contribution in [3.05, 3.63) is 35.9 Å². The van der Waals surface area contributed by atoms with E-state index in [0.29, 0.717) is 19.1 Å². The molecule has 2 rings (SSSR count). The van der Waals surface area contributed by atoms with Gasteiger partial charge in [-0.2, -0.15) is 0 Å². The Kier molecular flexibility index (Phi) is 7.81. The van der Waals surface area contributed by atoms with Crippen LogP contribution in [0.1, 0.15) is 26.3 Å². The lowest BCUT2D eigenvalue weighted by atomic mass is 10.1. The third-order valence-electron chi connectivity index (χ3n) is 4.01. The van der Waals surface area contributed by atoms with E-state index in [1.165, 1.54) is 13.0 Å². The first kappa shape index (κ1) is 20.1. The highest BCUT2D eigenvalue weighted by Gasteiger charge is 2.20. The van der Waals surface area contributed by atoms with Crippen molar-refractivity contribution in [2.24, 2.45) is 5.92 Å². The van der Waals surface area contributed by atoms with Crippen molar-refractivity contribution in [1.82, 2.24) is 10.2 Å². The van der Waals surface area contributed by atoms with E-state index in [2.05, 4.69) is 29.4 Å². The van der Waals surface area contributed by atoms with Gasteiger partial charge in [0.25, 0.3) is 0 Å². The lowest BCUT2D eigenvalue weighted by Crippen LogP contribution is -2.48. The van der Waals surface area contributed by atoms with E-state index >= 15 is 0 Å². The van der Waals surface area contributed by atoms with Crippen LogP contribution in [0.25, 0.3) is 6.08 Å². The van der Waals surface area contributed by atoms with Crippen molar-refractivity contribution >= 4 is 23.6 Å². The first-order valence-corrected chi connectivity index (χ1v) is 9.10. The molecular weight excluding hydrogens is 330 g/mol. The summed E-state index contributed by atoms with van der Waals surface area (Å²) in [5.41, 5.74) is 1.63. The molecule has 1 fully saturated rings. The van der Waals surface area contributed by atoms with Crippen LogP contribution in [0.2, 0.25) is 0 Å². The summed E-state index contributed by atoms with van der Waals surface area (Å²) in [7, 11) is 0. The SMILES string of the molecule is CC(=O)Nc1ccc(/C=C/C(=O)NCC2CN(CC(C)C)CCO2)cc1. The number of anilines is 1. The minimum atomic E-state index is -0.138. The molecule has 1 atom stereocenters. The van der Waals surface area contributed by atoms with Crippen molar-refractivity contribution in [1.29, 1.82) is 0 Å². The Morgan fingerprint density at radius 3 is 2.69 bits per heavy atom. The van der Waals surface area contributed by atoms with E-state index < -0.39 is 0 Å². The number of carbonyl (C=O) groups is 2. The number of hydrogen-bond donors (Lipinski definition) is 2. The highest BCUT2D eigenvalue weighted by molar-refractivity contribution is 5.92. The normalized spacial score (nSPS) is 18.2. The van der Waals surface area contributed by atoms with Gasteiger partial charge in [0, 0.05) is 44.9 Å². The summed E-state index contributed by atoms with van der Waals surface area (Å²) in [6.07, 6.45) is 3.30. The Bertz CT molecular complexity index is 626. The molecule has 1 aromatic rings. The molecule has 6 heteroatoms. The molecule has 0 radical (unpaired) electrons. The maximum absolute atomic E-state index is 12.0. The predicted octanol–water partition coefficient (Wildman–Crippen LogP) is 2.13. The zero-order valence-corrected chi connectivity index (χ0v) is 15.8. The van der Waals surface area contributed by atoms with Gasteiger partial charge in [0.15, 0.2) is 0 Å². The Hall–Kier alpha value is -2.18. The molecule has 1 aliphatic rings. The van der Waals surface area contributed by atoms with Gasteiger partial charge < -0.3 is 15.4 Å². The summed E-state index contributed by atoms with van der Waals surface area (Å²) in [6.45, 7) is 9.98. The van der Waals surface area contributed by atoms with Gasteiger partial charge in [0.2, 0.25) is 11.8 Å². The van der Waals surface area contributed by atoms with Crippen LogP contribution >= 0.6 is 0 Å². The largest absolute Gasteiger partial charge is 0.374 e. The monoisotopic (exact) mass is 359 g/mol. The highest BCUT2D eigenvalue weighted by atomic mass is 16.5. The average Bonchev–Trinajstić information content (AvgIpc) is 2.58. The standard InChI is InChI=1S/C20H29N3O3/c1-15(2)13-23-10-11-26-19(14-23)12-21-20(25)9-6-17-4-7-18(8-5-17)22-16(3)24/h4-9,15,19H,10-14H2,1-3H3,(H,21,25)(H,22,24)/b9-6+. The van der Waals surface area contributed by atoms with Gasteiger partial charge in [-0.3, -0.25) is 14.5 Å². The number of nitrogens with zero attached hydrogens (tertiary/aromatic N) is 1. The average molecular weight is 359 g/mol. The van der Waals surface area contributed by atoms with E-state index in [1.54, 1.807) is 18.2 Å². The molecule has 1 heterocycles. The first-order chi connectivity index (χ1) is 12.4. The predicted molar refractivity (Wildman–Crippen MR) is 104 cm³/mol. The third-order valence-corrected chi connectivity index (χ3v) is 4.01. The molecule has 6 nitrogen and oxygen atoms in total. The number of amides is 2. The summed E-state index contributed by atoms with van der Waals surface area (Å²) < 4.78 is 5.73. The van der Waals surface area contributed by atoms with Gasteiger partial charge in [-0.05, 0) is 29.7 Å². The molecule has 1 unspecified atom stereocenters. The van der Waals surface area contributed by atoms with Crippen LogP contribution in [-0.2, 0) is 14.3 Å². The van der Waals surface area contributed by atoms with E-state index in [4.69, 9.17) is 4.74 Å². The summed E-state index contributed by atoms with van der Waals surface area (Å²) >= 11 is 0. The van der Waals surface area contributed by atoms with Crippen LogP contribution in [0.5, 0.6) is 0 Å². The Morgan fingerprint density at radius 1 is 1.31 bits per heavy atom. The fourth-order valence-corrected chi connectivity index (χ4v) is 2.91. The lowest BCUT2D eigenvalue weighted by Gasteiger charge is -2.33. The van der Waals surface area contributed by atoms with Gasteiger partial charge in [0.1, 0.15) is 0 Å². The molecule has 0 aliphatic carbocycles. The van der Waals surface area contributed by atoms with Gasteiger partial charge in [-0.15, -0.1) is 0 Å². The molecule has 0 bridgehead atoms. The Labute approximate surface area is 155 Å². The zero-order valence-electron chi connectivity index (χ0n) is 15.8. The van der Waals surface area contributed by atoms with Crippen LogP contribution in [0.15, 0.2) is 30.3 Å². The van der Waals surface area contributed by atoms with Gasteiger partial charge in [-0.1, -0.05) is 26.0 Å². The summed E-state index contributed by atoms with van der Waals surface area (Å²) in [4.78, 5) is 25.4. The number of benzene rings is 1. The molecule has 0 spiro atoms. The maximum Gasteiger partial charge on any atom is 0.244 e. The molecule has 142 valence electrons. The minimum Gasteiger partial charge on any atom is -0.374 e. The zero-order chi connectivity index (χ0) is 18.9. The van der Waals surface area contributed by atoms with Crippen LogP contribution in [0.3, 0.4) is 0 Å². The molecular formula is C20H29N3O3. The molecule has 1 saturated heterocycles. The molecule has 1 aromatic carbocycles. The second kappa shape index (κ2) is 10.1. The van der Waals surface area contributed by atoms with Crippen LogP contribution < -0.4 is 10.6 Å². The van der Waals surface area contributed by atoms with E-state index in [9.17, 15) is 9.59 Å². The molecule has 26 heavy (non-hydrogen) atoms. The molecule has 2 N–H and O–H groups in total. The summed E-state index contributed by atoms with van der Waals surface area (Å²) in [5.74, 6) is 0.383. The third kappa shape index (κ3) is 7.37. The molecule has 0 saturated carbocycles. The van der Waals surface area contributed by atoms with Crippen LogP contribution in [0.4, 0.5) is 5.69 Å². The maximum atomic E-state index is 12.0. The number of hydrogen-bond acceptors (Lipinski definition) is 4. The Balaban J connectivity index is 1.75. The van der Waals surface area contributed by atoms with Crippen molar-refractivity contribution in [2.75, 3.05) is 38.1 Å². The molecule has 0 aromatic heterocycles.